The maximum atomic E-state index is 14.1. The maximum absolute atomic E-state index is 14.1. The lowest BCUT2D eigenvalue weighted by atomic mass is 9.85. The molecule has 2 rings (SSSR count). The highest BCUT2D eigenvalue weighted by atomic mass is 35.5. The molecule has 1 amide bonds. The fourth-order valence-electron chi connectivity index (χ4n) is 2.99. The Bertz CT molecular complexity index is 797. The summed E-state index contributed by atoms with van der Waals surface area (Å²) < 4.78 is 55.1. The van der Waals surface area contributed by atoms with E-state index in [1.807, 2.05) is 0 Å². The molecule has 1 fully saturated rings. The summed E-state index contributed by atoms with van der Waals surface area (Å²) in [5.74, 6) is -3.09. The van der Waals surface area contributed by atoms with Gasteiger partial charge in [-0.2, -0.15) is 0 Å². The van der Waals surface area contributed by atoms with Crippen LogP contribution in [0.25, 0.3) is 0 Å². The highest BCUT2D eigenvalue weighted by Gasteiger charge is 2.29. The third-order valence-electron chi connectivity index (χ3n) is 4.10. The van der Waals surface area contributed by atoms with Gasteiger partial charge in [-0.15, -0.1) is 12.4 Å². The summed E-state index contributed by atoms with van der Waals surface area (Å²) >= 11 is 0. The van der Waals surface area contributed by atoms with Gasteiger partial charge >= 0.3 is 0 Å². The lowest BCUT2D eigenvalue weighted by molar-refractivity contribution is -0.120. The predicted octanol–water partition coefficient (Wildman–Crippen LogP) is 2.92. The van der Waals surface area contributed by atoms with Crippen LogP contribution in [0.3, 0.4) is 0 Å². The lowest BCUT2D eigenvalue weighted by Gasteiger charge is -2.26. The number of rotatable bonds is 4. The summed E-state index contributed by atoms with van der Waals surface area (Å²) in [5.41, 5.74) is 4.64. The molecule has 154 valence electrons. The fourth-order valence-corrected chi connectivity index (χ4v) is 4.49. The Morgan fingerprint density at radius 2 is 1.81 bits per heavy atom. The molecule has 0 radical (unpaired) electrons. The fraction of sp³-hybridized carbons (Fsp3) is 0.588. The maximum Gasteiger partial charge on any atom is 0.244 e. The third kappa shape index (κ3) is 6.38. The zero-order valence-electron chi connectivity index (χ0n) is 15.5. The minimum absolute atomic E-state index is 0. The molecule has 2 atom stereocenters. The molecule has 0 aromatic heterocycles. The van der Waals surface area contributed by atoms with Crippen LogP contribution in [0, 0.1) is 17.6 Å². The molecule has 10 heteroatoms. The van der Waals surface area contributed by atoms with Crippen LogP contribution in [-0.4, -0.2) is 25.9 Å². The first-order valence-electron chi connectivity index (χ1n) is 8.48. The number of hydrogen-bond donors (Lipinski definition) is 3. The van der Waals surface area contributed by atoms with Crippen molar-refractivity contribution < 1.29 is 22.0 Å². The van der Waals surface area contributed by atoms with Gasteiger partial charge in [-0.3, -0.25) is 4.79 Å². The van der Waals surface area contributed by atoms with Gasteiger partial charge in [0, 0.05) is 23.6 Å². The van der Waals surface area contributed by atoms with Gasteiger partial charge in [-0.05, 0) is 46.1 Å². The van der Waals surface area contributed by atoms with Gasteiger partial charge in [0.05, 0.1) is 5.69 Å². The Morgan fingerprint density at radius 1 is 1.19 bits per heavy atom. The molecule has 0 spiro atoms. The van der Waals surface area contributed by atoms with E-state index in [9.17, 15) is 22.0 Å². The summed E-state index contributed by atoms with van der Waals surface area (Å²) in [6.45, 7) is 4.79. The topological polar surface area (TPSA) is 101 Å². The van der Waals surface area contributed by atoms with E-state index in [1.54, 1.807) is 20.8 Å². The Balaban J connectivity index is 0.00000364. The summed E-state index contributed by atoms with van der Waals surface area (Å²) in [6.07, 6.45) is 2.72. The summed E-state index contributed by atoms with van der Waals surface area (Å²) in [5, 5.41) is 2.37. The normalized spacial score (nSPS) is 20.7. The summed E-state index contributed by atoms with van der Waals surface area (Å²) in [7, 11) is -4.22. The molecule has 1 aromatic rings. The smallest absolute Gasteiger partial charge is 0.244 e. The van der Waals surface area contributed by atoms with Crippen LogP contribution in [0.4, 0.5) is 14.5 Å². The van der Waals surface area contributed by atoms with Crippen LogP contribution in [0.2, 0.25) is 0 Å². The molecular weight excluding hydrogens is 400 g/mol. The van der Waals surface area contributed by atoms with Gasteiger partial charge in [0.15, 0.2) is 0 Å². The molecule has 2 unspecified atom stereocenters. The van der Waals surface area contributed by atoms with Crippen molar-refractivity contribution in [2.24, 2.45) is 11.7 Å². The van der Waals surface area contributed by atoms with Gasteiger partial charge in [-0.1, -0.05) is 6.42 Å². The van der Waals surface area contributed by atoms with Gasteiger partial charge in [0.2, 0.25) is 15.9 Å². The van der Waals surface area contributed by atoms with Gasteiger partial charge in [0.1, 0.15) is 16.5 Å². The van der Waals surface area contributed by atoms with E-state index in [-0.39, 0.29) is 30.1 Å². The Morgan fingerprint density at radius 3 is 2.37 bits per heavy atom. The number of nitrogens with one attached hydrogen (secondary N) is 2. The highest BCUT2D eigenvalue weighted by Crippen LogP contribution is 2.27. The number of nitrogens with two attached hydrogens (primary N) is 1. The first-order chi connectivity index (χ1) is 11.9. The molecule has 1 saturated carbocycles. The molecule has 0 heterocycles. The van der Waals surface area contributed by atoms with Crippen molar-refractivity contribution in [2.45, 2.75) is 62.9 Å². The van der Waals surface area contributed by atoms with E-state index in [0.717, 1.165) is 18.9 Å². The van der Waals surface area contributed by atoms with Crippen molar-refractivity contribution in [3.63, 3.8) is 0 Å². The molecule has 0 aliphatic heterocycles. The first kappa shape index (κ1) is 23.7. The molecule has 1 aliphatic carbocycles. The van der Waals surface area contributed by atoms with Crippen LogP contribution in [0.15, 0.2) is 17.0 Å². The largest absolute Gasteiger partial charge is 0.328 e. The number of benzene rings is 1. The molecular formula is C17H26ClF2N3O3S. The Labute approximate surface area is 164 Å². The summed E-state index contributed by atoms with van der Waals surface area (Å²) in [6, 6.07) is 1.17. The number of sulfonamides is 1. The molecule has 0 saturated heterocycles. The van der Waals surface area contributed by atoms with E-state index in [0.29, 0.717) is 18.9 Å². The molecule has 1 aliphatic rings. The van der Waals surface area contributed by atoms with E-state index in [1.165, 1.54) is 0 Å². The third-order valence-corrected chi connectivity index (χ3v) is 5.87. The van der Waals surface area contributed by atoms with E-state index < -0.39 is 38.0 Å². The first-order valence-corrected chi connectivity index (χ1v) is 9.97. The molecule has 0 bridgehead atoms. The molecule has 6 nitrogen and oxygen atoms in total. The number of anilines is 1. The zero-order valence-corrected chi connectivity index (χ0v) is 17.1. The van der Waals surface area contributed by atoms with Gasteiger partial charge in [-0.25, -0.2) is 21.9 Å². The van der Waals surface area contributed by atoms with E-state index in [2.05, 4.69) is 10.0 Å². The second-order valence-corrected chi connectivity index (χ2v) is 9.38. The van der Waals surface area contributed by atoms with E-state index >= 15 is 0 Å². The van der Waals surface area contributed by atoms with Gasteiger partial charge < -0.3 is 11.1 Å². The average molecular weight is 426 g/mol. The minimum Gasteiger partial charge on any atom is -0.328 e. The quantitative estimate of drug-likeness (QED) is 0.690. The monoisotopic (exact) mass is 425 g/mol. The predicted molar refractivity (Wildman–Crippen MR) is 102 cm³/mol. The number of amides is 1. The SMILES string of the molecule is CC(C)(C)NS(=O)(=O)c1cc(NC(=O)C2CCCC(N)C2)c(F)cc1F.Cl. The van der Waals surface area contributed by atoms with Crippen molar-refractivity contribution in [1.82, 2.24) is 4.72 Å². The second-order valence-electron chi connectivity index (χ2n) is 7.73. The van der Waals surface area contributed by atoms with Crippen molar-refractivity contribution in [3.8, 4) is 0 Å². The highest BCUT2D eigenvalue weighted by molar-refractivity contribution is 7.89. The number of carbonyl (C=O) groups excluding carboxylic acids is 1. The van der Waals surface area contributed by atoms with Crippen LogP contribution in [0.1, 0.15) is 46.5 Å². The van der Waals surface area contributed by atoms with E-state index in [4.69, 9.17) is 5.73 Å². The van der Waals surface area contributed by atoms with Crippen molar-refractivity contribution in [2.75, 3.05) is 5.32 Å². The second kappa shape index (κ2) is 8.81. The summed E-state index contributed by atoms with van der Waals surface area (Å²) in [4.78, 5) is 11.6. The van der Waals surface area contributed by atoms with Crippen LogP contribution >= 0.6 is 12.4 Å². The number of carbonyl (C=O) groups is 1. The standard InChI is InChI=1S/C17H25F2N3O3S.ClH/c1-17(2,3)22-26(24,25)15-9-14(12(18)8-13(15)19)21-16(23)10-5-4-6-11(20)7-10;/h8-11,22H,4-7,20H2,1-3H3,(H,21,23);1H. The van der Waals surface area contributed by atoms with Crippen molar-refractivity contribution in [3.05, 3.63) is 23.8 Å². The van der Waals surface area contributed by atoms with Gasteiger partial charge in [0.25, 0.3) is 0 Å². The Hall–Kier alpha value is -1.29. The van der Waals surface area contributed by atoms with Crippen LogP contribution in [0.5, 0.6) is 0 Å². The molecule has 4 N–H and O–H groups in total. The van der Waals surface area contributed by atoms with Crippen LogP contribution in [-0.2, 0) is 14.8 Å². The zero-order chi connectivity index (χ0) is 19.7. The number of halogens is 3. The number of hydrogen-bond acceptors (Lipinski definition) is 4. The van der Waals surface area contributed by atoms with Crippen LogP contribution < -0.4 is 15.8 Å². The van der Waals surface area contributed by atoms with Crippen molar-refractivity contribution in [1.29, 1.82) is 0 Å². The lowest BCUT2D eigenvalue weighted by Crippen LogP contribution is -2.40. The average Bonchev–Trinajstić information content (AvgIpc) is 2.47. The van der Waals surface area contributed by atoms with Crippen molar-refractivity contribution >= 4 is 34.0 Å². The minimum atomic E-state index is -4.22. The molecule has 1 aromatic carbocycles. The molecule has 27 heavy (non-hydrogen) atoms. The Kier molecular flexibility index (Phi) is 7.75.